The molecule has 1 aliphatic heterocycles. The van der Waals surface area contributed by atoms with E-state index in [0.717, 1.165) is 39.0 Å². The van der Waals surface area contributed by atoms with E-state index in [0.29, 0.717) is 24.3 Å². The third-order valence-corrected chi connectivity index (χ3v) is 5.10. The SMILES string of the molecule is CC1CC(C)C(C(=O)N2CCN(CCO)CC2)CC1N. The molecule has 4 unspecified atom stereocenters. The van der Waals surface area contributed by atoms with E-state index in [4.69, 9.17) is 10.8 Å². The van der Waals surface area contributed by atoms with Gasteiger partial charge >= 0.3 is 0 Å². The normalized spacial score (nSPS) is 36.1. The second kappa shape index (κ2) is 6.87. The van der Waals surface area contributed by atoms with E-state index in [2.05, 4.69) is 18.7 Å². The number of hydrogen-bond donors (Lipinski definition) is 2. The van der Waals surface area contributed by atoms with Crippen LogP contribution < -0.4 is 5.73 Å². The molecule has 1 aliphatic carbocycles. The standard InChI is InChI=1S/C15H29N3O2/c1-11-9-12(2)14(16)10-13(11)15(20)18-5-3-17(4-6-18)7-8-19/h11-14,19H,3-10,16H2,1-2H3. The summed E-state index contributed by atoms with van der Waals surface area (Å²) >= 11 is 0. The van der Waals surface area contributed by atoms with Gasteiger partial charge in [-0.05, 0) is 24.7 Å². The van der Waals surface area contributed by atoms with Gasteiger partial charge in [0.1, 0.15) is 0 Å². The zero-order valence-electron chi connectivity index (χ0n) is 12.8. The largest absolute Gasteiger partial charge is 0.395 e. The summed E-state index contributed by atoms with van der Waals surface area (Å²) in [6.45, 7) is 8.60. The van der Waals surface area contributed by atoms with Crippen molar-refractivity contribution in [3.8, 4) is 0 Å². The van der Waals surface area contributed by atoms with Crippen molar-refractivity contribution in [2.75, 3.05) is 39.3 Å². The van der Waals surface area contributed by atoms with Gasteiger partial charge in [0, 0.05) is 44.7 Å². The lowest BCUT2D eigenvalue weighted by atomic mass is 9.72. The summed E-state index contributed by atoms with van der Waals surface area (Å²) in [5.41, 5.74) is 6.15. The molecule has 2 fully saturated rings. The Hall–Kier alpha value is -0.650. The summed E-state index contributed by atoms with van der Waals surface area (Å²) in [4.78, 5) is 16.9. The van der Waals surface area contributed by atoms with Gasteiger partial charge in [-0.2, -0.15) is 0 Å². The van der Waals surface area contributed by atoms with Crippen LogP contribution in [-0.4, -0.2) is 66.2 Å². The van der Waals surface area contributed by atoms with Gasteiger partial charge in [0.25, 0.3) is 0 Å². The lowest BCUT2D eigenvalue weighted by molar-refractivity contribution is -0.140. The molecule has 5 heteroatoms. The second-order valence-electron chi connectivity index (χ2n) is 6.59. The van der Waals surface area contributed by atoms with Crippen LogP contribution in [0, 0.1) is 17.8 Å². The Morgan fingerprint density at radius 1 is 1.15 bits per heavy atom. The molecule has 1 saturated carbocycles. The molecule has 0 spiro atoms. The van der Waals surface area contributed by atoms with Crippen molar-refractivity contribution in [3.63, 3.8) is 0 Å². The molecule has 0 aromatic rings. The number of piperazine rings is 1. The molecule has 5 nitrogen and oxygen atoms in total. The first-order valence-electron chi connectivity index (χ1n) is 7.90. The average Bonchev–Trinajstić information content (AvgIpc) is 2.43. The number of nitrogens with zero attached hydrogens (tertiary/aromatic N) is 2. The third kappa shape index (κ3) is 3.51. The molecule has 1 saturated heterocycles. The molecule has 0 bridgehead atoms. The Bertz CT molecular complexity index is 329. The van der Waals surface area contributed by atoms with Crippen LogP contribution in [0.3, 0.4) is 0 Å². The van der Waals surface area contributed by atoms with Crippen molar-refractivity contribution in [2.45, 2.75) is 32.7 Å². The van der Waals surface area contributed by atoms with Gasteiger partial charge in [-0.25, -0.2) is 0 Å². The first-order chi connectivity index (χ1) is 9.52. The van der Waals surface area contributed by atoms with Gasteiger partial charge in [-0.15, -0.1) is 0 Å². The summed E-state index contributed by atoms with van der Waals surface area (Å²) in [5, 5.41) is 8.95. The van der Waals surface area contributed by atoms with E-state index >= 15 is 0 Å². The van der Waals surface area contributed by atoms with Crippen LogP contribution in [0.15, 0.2) is 0 Å². The fourth-order valence-corrected chi connectivity index (χ4v) is 3.60. The maximum atomic E-state index is 12.7. The monoisotopic (exact) mass is 283 g/mol. The molecule has 2 rings (SSSR count). The van der Waals surface area contributed by atoms with Gasteiger partial charge in [-0.1, -0.05) is 13.8 Å². The smallest absolute Gasteiger partial charge is 0.226 e. The maximum Gasteiger partial charge on any atom is 0.226 e. The summed E-state index contributed by atoms with van der Waals surface area (Å²) in [5.74, 6) is 1.36. The van der Waals surface area contributed by atoms with Crippen LogP contribution in [-0.2, 0) is 4.79 Å². The van der Waals surface area contributed by atoms with E-state index in [-0.39, 0.29) is 18.6 Å². The molecule has 2 aliphatic rings. The van der Waals surface area contributed by atoms with Crippen molar-refractivity contribution < 1.29 is 9.90 Å². The summed E-state index contributed by atoms with van der Waals surface area (Å²) in [7, 11) is 0. The Morgan fingerprint density at radius 3 is 2.40 bits per heavy atom. The number of carbonyl (C=O) groups excluding carboxylic acids is 1. The minimum absolute atomic E-state index is 0.102. The number of hydrogen-bond acceptors (Lipinski definition) is 4. The topological polar surface area (TPSA) is 69.8 Å². The Morgan fingerprint density at radius 2 is 1.80 bits per heavy atom. The quantitative estimate of drug-likeness (QED) is 0.772. The average molecular weight is 283 g/mol. The maximum absolute atomic E-state index is 12.7. The van der Waals surface area contributed by atoms with E-state index in [1.165, 1.54) is 0 Å². The third-order valence-electron chi connectivity index (χ3n) is 5.10. The van der Waals surface area contributed by atoms with Crippen molar-refractivity contribution >= 4 is 5.91 Å². The van der Waals surface area contributed by atoms with E-state index in [1.54, 1.807) is 0 Å². The molecular formula is C15H29N3O2. The highest BCUT2D eigenvalue weighted by atomic mass is 16.3. The fraction of sp³-hybridized carbons (Fsp3) is 0.933. The zero-order chi connectivity index (χ0) is 14.7. The number of carbonyl (C=O) groups is 1. The summed E-state index contributed by atoms with van der Waals surface area (Å²) in [6, 6.07) is 0.163. The molecule has 4 atom stereocenters. The number of amides is 1. The van der Waals surface area contributed by atoms with E-state index in [1.807, 2.05) is 4.90 Å². The van der Waals surface area contributed by atoms with Crippen molar-refractivity contribution in [2.24, 2.45) is 23.5 Å². The number of aliphatic hydroxyl groups is 1. The van der Waals surface area contributed by atoms with Crippen LogP contribution in [0.5, 0.6) is 0 Å². The van der Waals surface area contributed by atoms with Gasteiger partial charge in [0.05, 0.1) is 6.61 Å². The van der Waals surface area contributed by atoms with Gasteiger partial charge in [0.15, 0.2) is 0 Å². The zero-order valence-corrected chi connectivity index (χ0v) is 12.8. The highest BCUT2D eigenvalue weighted by Crippen LogP contribution is 2.34. The Kier molecular flexibility index (Phi) is 5.41. The first-order valence-corrected chi connectivity index (χ1v) is 7.90. The number of aliphatic hydroxyl groups excluding tert-OH is 1. The lowest BCUT2D eigenvalue weighted by Crippen LogP contribution is -2.53. The minimum atomic E-state index is 0.102. The number of rotatable bonds is 3. The van der Waals surface area contributed by atoms with Crippen molar-refractivity contribution in [1.29, 1.82) is 0 Å². The highest BCUT2D eigenvalue weighted by molar-refractivity contribution is 5.79. The molecule has 1 amide bonds. The Labute approximate surface area is 122 Å². The summed E-state index contributed by atoms with van der Waals surface area (Å²) < 4.78 is 0. The van der Waals surface area contributed by atoms with Gasteiger partial charge < -0.3 is 15.7 Å². The summed E-state index contributed by atoms with van der Waals surface area (Å²) in [6.07, 6.45) is 1.89. The highest BCUT2D eigenvalue weighted by Gasteiger charge is 2.37. The number of nitrogens with two attached hydrogens (primary N) is 1. The molecule has 0 aromatic carbocycles. The second-order valence-corrected chi connectivity index (χ2v) is 6.59. The predicted molar refractivity (Wildman–Crippen MR) is 79.1 cm³/mol. The first kappa shape index (κ1) is 15.7. The molecule has 116 valence electrons. The fourth-order valence-electron chi connectivity index (χ4n) is 3.60. The number of β-amino-alcohol motifs (C(OH)–C–C–N with tert-alkyl or cyclic N) is 1. The molecule has 0 radical (unpaired) electrons. The molecular weight excluding hydrogens is 254 g/mol. The van der Waals surface area contributed by atoms with E-state index in [9.17, 15) is 4.79 Å². The van der Waals surface area contributed by atoms with Gasteiger partial charge in [0.2, 0.25) is 5.91 Å². The van der Waals surface area contributed by atoms with Crippen LogP contribution in [0.25, 0.3) is 0 Å². The molecule has 1 heterocycles. The van der Waals surface area contributed by atoms with Crippen LogP contribution >= 0.6 is 0 Å². The Balaban J connectivity index is 1.88. The molecule has 0 aromatic heterocycles. The van der Waals surface area contributed by atoms with Crippen molar-refractivity contribution in [1.82, 2.24) is 9.80 Å². The lowest BCUT2D eigenvalue weighted by Gasteiger charge is -2.41. The van der Waals surface area contributed by atoms with E-state index < -0.39 is 0 Å². The van der Waals surface area contributed by atoms with Crippen LogP contribution in [0.2, 0.25) is 0 Å². The van der Waals surface area contributed by atoms with Crippen LogP contribution in [0.4, 0.5) is 0 Å². The molecule has 20 heavy (non-hydrogen) atoms. The van der Waals surface area contributed by atoms with Gasteiger partial charge in [-0.3, -0.25) is 9.69 Å². The minimum Gasteiger partial charge on any atom is -0.395 e. The van der Waals surface area contributed by atoms with Crippen molar-refractivity contribution in [3.05, 3.63) is 0 Å². The predicted octanol–water partition coefficient (Wildman–Crippen LogP) is 0.132. The molecule has 3 N–H and O–H groups in total. The van der Waals surface area contributed by atoms with Crippen LogP contribution in [0.1, 0.15) is 26.7 Å².